The smallest absolute Gasteiger partial charge is 0.265 e. The third kappa shape index (κ3) is 4.53. The summed E-state index contributed by atoms with van der Waals surface area (Å²) in [6.07, 6.45) is 0.988. The fraction of sp³-hybridized carbons (Fsp3) is 0.391. The zero-order chi connectivity index (χ0) is 20.3. The van der Waals surface area contributed by atoms with Crippen molar-refractivity contribution in [1.29, 1.82) is 0 Å². The fourth-order valence-electron chi connectivity index (χ4n) is 3.13. The van der Waals surface area contributed by atoms with Gasteiger partial charge in [0, 0.05) is 6.54 Å². The van der Waals surface area contributed by atoms with Gasteiger partial charge >= 0.3 is 0 Å². The summed E-state index contributed by atoms with van der Waals surface area (Å²) in [5, 5.41) is 2.91. The molecule has 0 spiro atoms. The first kappa shape index (κ1) is 19.9. The van der Waals surface area contributed by atoms with Crippen LogP contribution < -0.4 is 15.0 Å². The van der Waals surface area contributed by atoms with E-state index >= 15 is 0 Å². The van der Waals surface area contributed by atoms with Gasteiger partial charge in [-0.05, 0) is 40.7 Å². The molecule has 1 aliphatic heterocycles. The second-order valence-electron chi connectivity index (χ2n) is 8.15. The maximum absolute atomic E-state index is 12.5. The van der Waals surface area contributed by atoms with Gasteiger partial charge in [0.2, 0.25) is 5.91 Å². The molecular formula is C23H28N2O3. The molecule has 1 heterocycles. The maximum atomic E-state index is 12.5. The second-order valence-corrected chi connectivity index (χ2v) is 8.15. The van der Waals surface area contributed by atoms with E-state index in [-0.39, 0.29) is 30.4 Å². The Labute approximate surface area is 166 Å². The van der Waals surface area contributed by atoms with Gasteiger partial charge in [0.1, 0.15) is 12.3 Å². The molecule has 148 valence electrons. The van der Waals surface area contributed by atoms with Crippen LogP contribution in [0.2, 0.25) is 0 Å². The monoisotopic (exact) mass is 380 g/mol. The van der Waals surface area contributed by atoms with Crippen molar-refractivity contribution in [2.24, 2.45) is 0 Å². The highest BCUT2D eigenvalue weighted by atomic mass is 16.5. The summed E-state index contributed by atoms with van der Waals surface area (Å²) >= 11 is 0. The molecule has 5 nitrogen and oxygen atoms in total. The van der Waals surface area contributed by atoms with Crippen molar-refractivity contribution in [3.63, 3.8) is 0 Å². The van der Waals surface area contributed by atoms with E-state index in [1.54, 1.807) is 0 Å². The molecule has 0 radical (unpaired) electrons. The molecule has 5 heteroatoms. The summed E-state index contributed by atoms with van der Waals surface area (Å²) in [6, 6.07) is 14.0. The summed E-state index contributed by atoms with van der Waals surface area (Å²) in [7, 11) is 0. The average molecular weight is 380 g/mol. The molecule has 0 fully saturated rings. The summed E-state index contributed by atoms with van der Waals surface area (Å²) in [5.41, 5.74) is 3.99. The minimum atomic E-state index is -0.207. The highest BCUT2D eigenvalue weighted by Gasteiger charge is 2.29. The maximum Gasteiger partial charge on any atom is 0.265 e. The van der Waals surface area contributed by atoms with Crippen LogP contribution in [0.3, 0.4) is 0 Å². The Kier molecular flexibility index (Phi) is 5.73. The number of rotatable bonds is 5. The molecule has 0 saturated heterocycles. The van der Waals surface area contributed by atoms with E-state index in [1.165, 1.54) is 10.5 Å². The second kappa shape index (κ2) is 8.05. The topological polar surface area (TPSA) is 58.6 Å². The lowest BCUT2D eigenvalue weighted by Crippen LogP contribution is -2.45. The van der Waals surface area contributed by atoms with E-state index in [1.807, 2.05) is 30.3 Å². The van der Waals surface area contributed by atoms with E-state index in [4.69, 9.17) is 4.74 Å². The zero-order valence-electron chi connectivity index (χ0n) is 17.0. The summed E-state index contributed by atoms with van der Waals surface area (Å²) in [6.45, 7) is 8.82. The van der Waals surface area contributed by atoms with Crippen LogP contribution in [-0.2, 0) is 28.0 Å². The Morgan fingerprint density at radius 3 is 2.43 bits per heavy atom. The van der Waals surface area contributed by atoms with Gasteiger partial charge in [0.05, 0.1) is 5.69 Å². The Hall–Kier alpha value is -2.82. The molecule has 28 heavy (non-hydrogen) atoms. The third-order valence-corrected chi connectivity index (χ3v) is 4.99. The van der Waals surface area contributed by atoms with Crippen molar-refractivity contribution < 1.29 is 14.3 Å². The van der Waals surface area contributed by atoms with Gasteiger partial charge in [-0.15, -0.1) is 0 Å². The predicted octanol–water partition coefficient (Wildman–Crippen LogP) is 3.59. The third-order valence-electron chi connectivity index (χ3n) is 4.99. The largest absolute Gasteiger partial charge is 0.482 e. The number of nitrogens with one attached hydrogen (secondary N) is 1. The molecule has 2 aromatic rings. The summed E-state index contributed by atoms with van der Waals surface area (Å²) in [5.74, 6) is 0.235. The molecule has 0 atom stereocenters. The molecule has 2 amide bonds. The van der Waals surface area contributed by atoms with Crippen LogP contribution in [0.25, 0.3) is 0 Å². The lowest BCUT2D eigenvalue weighted by atomic mass is 9.86. The van der Waals surface area contributed by atoms with Crippen LogP contribution in [0.15, 0.2) is 42.5 Å². The summed E-state index contributed by atoms with van der Waals surface area (Å²) in [4.78, 5) is 26.4. The molecule has 0 aliphatic carbocycles. The van der Waals surface area contributed by atoms with E-state index in [0.29, 0.717) is 18.0 Å². The van der Waals surface area contributed by atoms with Crippen molar-refractivity contribution in [2.45, 2.75) is 46.1 Å². The number of nitrogens with zero attached hydrogens (tertiary/aromatic N) is 1. The Bertz CT molecular complexity index is 866. The van der Waals surface area contributed by atoms with Crippen LogP contribution in [0.1, 0.15) is 44.4 Å². The number of anilines is 1. The minimum Gasteiger partial charge on any atom is -0.482 e. The molecule has 2 aromatic carbocycles. The number of hydrogen-bond donors (Lipinski definition) is 1. The van der Waals surface area contributed by atoms with Crippen molar-refractivity contribution in [1.82, 2.24) is 5.32 Å². The van der Waals surface area contributed by atoms with Crippen LogP contribution in [0, 0.1) is 0 Å². The number of ether oxygens (including phenoxy) is 1. The molecular weight excluding hydrogens is 352 g/mol. The normalized spacial score (nSPS) is 13.7. The van der Waals surface area contributed by atoms with Crippen molar-refractivity contribution in [3.8, 4) is 5.75 Å². The molecule has 0 aromatic heterocycles. The summed E-state index contributed by atoms with van der Waals surface area (Å²) < 4.78 is 5.54. The van der Waals surface area contributed by atoms with Gasteiger partial charge in [-0.2, -0.15) is 0 Å². The molecule has 0 saturated carbocycles. The predicted molar refractivity (Wildman–Crippen MR) is 111 cm³/mol. The highest BCUT2D eigenvalue weighted by molar-refractivity contribution is 6.02. The van der Waals surface area contributed by atoms with Gasteiger partial charge in [0.25, 0.3) is 5.91 Å². The van der Waals surface area contributed by atoms with E-state index < -0.39 is 0 Å². The average Bonchev–Trinajstić information content (AvgIpc) is 2.68. The van der Waals surface area contributed by atoms with Gasteiger partial charge in [-0.1, -0.05) is 58.0 Å². The molecule has 0 bridgehead atoms. The first-order chi connectivity index (χ1) is 13.3. The quantitative estimate of drug-likeness (QED) is 0.862. The van der Waals surface area contributed by atoms with E-state index in [0.717, 1.165) is 17.5 Å². The minimum absolute atomic E-state index is 0.0180. The van der Waals surface area contributed by atoms with Crippen molar-refractivity contribution >= 4 is 17.5 Å². The van der Waals surface area contributed by atoms with Gasteiger partial charge in [-0.3, -0.25) is 14.5 Å². The van der Waals surface area contributed by atoms with Crippen molar-refractivity contribution in [3.05, 3.63) is 59.2 Å². The number of carbonyl (C=O) groups is 2. The van der Waals surface area contributed by atoms with Gasteiger partial charge in [0.15, 0.2) is 6.61 Å². The van der Waals surface area contributed by atoms with Crippen molar-refractivity contribution in [2.75, 3.05) is 18.1 Å². The SMILES string of the molecule is CCc1ccc(CNC(=O)CN2C(=O)COc3ccc(C(C)(C)C)cc32)cc1. The van der Waals surface area contributed by atoms with Gasteiger partial charge < -0.3 is 10.1 Å². The zero-order valence-corrected chi connectivity index (χ0v) is 17.0. The number of carbonyl (C=O) groups excluding carboxylic acids is 2. The van der Waals surface area contributed by atoms with Crippen LogP contribution in [-0.4, -0.2) is 25.0 Å². The standard InChI is InChI=1S/C23H28N2O3/c1-5-16-6-8-17(9-7-16)13-24-21(26)14-25-19-12-18(23(2,3)4)10-11-20(19)28-15-22(25)27/h6-12H,5,13-15H2,1-4H3,(H,24,26). The lowest BCUT2D eigenvalue weighted by Gasteiger charge is -2.31. The number of aryl methyl sites for hydroxylation is 1. The van der Waals surface area contributed by atoms with E-state index in [2.05, 4.69) is 45.1 Å². The molecule has 0 unspecified atom stereocenters. The number of hydrogen-bond acceptors (Lipinski definition) is 3. The van der Waals surface area contributed by atoms with Crippen LogP contribution >= 0.6 is 0 Å². The Morgan fingerprint density at radius 1 is 1.11 bits per heavy atom. The first-order valence-corrected chi connectivity index (χ1v) is 9.70. The Balaban J connectivity index is 1.70. The Morgan fingerprint density at radius 2 is 1.79 bits per heavy atom. The first-order valence-electron chi connectivity index (χ1n) is 9.70. The van der Waals surface area contributed by atoms with E-state index in [9.17, 15) is 9.59 Å². The molecule has 1 aliphatic rings. The van der Waals surface area contributed by atoms with Crippen LogP contribution in [0.5, 0.6) is 5.75 Å². The number of amides is 2. The molecule has 1 N–H and O–H groups in total. The number of fused-ring (bicyclic) bond motifs is 1. The van der Waals surface area contributed by atoms with Gasteiger partial charge in [-0.25, -0.2) is 0 Å². The molecule has 3 rings (SSSR count). The highest BCUT2D eigenvalue weighted by Crippen LogP contribution is 2.36. The number of benzene rings is 2. The van der Waals surface area contributed by atoms with Crippen LogP contribution in [0.4, 0.5) is 5.69 Å². The fourth-order valence-corrected chi connectivity index (χ4v) is 3.13. The lowest BCUT2D eigenvalue weighted by molar-refractivity contribution is -0.125.